The van der Waals surface area contributed by atoms with Crippen molar-refractivity contribution in [3.05, 3.63) is 29.8 Å². The maximum absolute atomic E-state index is 11.9. The van der Waals surface area contributed by atoms with E-state index in [4.69, 9.17) is 4.18 Å². The van der Waals surface area contributed by atoms with Crippen LogP contribution in [-0.2, 0) is 14.3 Å². The minimum Gasteiger partial charge on any atom is -0.266 e. The van der Waals surface area contributed by atoms with E-state index in [1.54, 1.807) is 24.3 Å². The van der Waals surface area contributed by atoms with Crippen molar-refractivity contribution in [1.29, 1.82) is 0 Å². The Hall–Kier alpha value is -0.870. The van der Waals surface area contributed by atoms with Crippen molar-refractivity contribution >= 4 is 10.1 Å². The number of benzene rings is 1. The summed E-state index contributed by atoms with van der Waals surface area (Å²) in [5.74, 6) is 0.788. The summed E-state index contributed by atoms with van der Waals surface area (Å²) in [6.45, 7) is 8.40. The molecule has 0 saturated heterocycles. The van der Waals surface area contributed by atoms with Gasteiger partial charge in [0.1, 0.15) is 0 Å². The molecule has 0 unspecified atom stereocenters. The van der Waals surface area contributed by atoms with E-state index in [0.717, 1.165) is 12.0 Å². The third kappa shape index (κ3) is 4.78. The average molecular weight is 270 g/mol. The first-order chi connectivity index (χ1) is 8.31. The zero-order chi connectivity index (χ0) is 13.8. The highest BCUT2D eigenvalue weighted by molar-refractivity contribution is 7.86. The normalized spacial score (nSPS) is 13.8. The molecule has 0 aliphatic carbocycles. The summed E-state index contributed by atoms with van der Waals surface area (Å²) >= 11 is 0. The summed E-state index contributed by atoms with van der Waals surface area (Å²) < 4.78 is 28.9. The second-order valence-electron chi connectivity index (χ2n) is 5.29. The van der Waals surface area contributed by atoms with Crippen molar-refractivity contribution in [2.45, 2.75) is 39.0 Å². The first-order valence-corrected chi connectivity index (χ1v) is 7.68. The SMILES string of the molecule is Cc1ccc(S(=O)(=O)OC[C@H](C)CC(C)C)cc1. The van der Waals surface area contributed by atoms with E-state index in [9.17, 15) is 8.42 Å². The molecule has 0 amide bonds. The summed E-state index contributed by atoms with van der Waals surface area (Å²) in [6.07, 6.45) is 0.962. The molecular weight excluding hydrogens is 248 g/mol. The molecule has 0 saturated carbocycles. The van der Waals surface area contributed by atoms with Gasteiger partial charge in [0.2, 0.25) is 0 Å². The van der Waals surface area contributed by atoms with Crippen LogP contribution in [0.25, 0.3) is 0 Å². The molecular formula is C14H22O3S. The molecule has 1 aromatic rings. The summed E-state index contributed by atoms with van der Waals surface area (Å²) in [5.41, 5.74) is 1.03. The molecule has 0 heterocycles. The van der Waals surface area contributed by atoms with Crippen LogP contribution in [0.5, 0.6) is 0 Å². The Labute approximate surface area is 110 Å². The van der Waals surface area contributed by atoms with E-state index >= 15 is 0 Å². The van der Waals surface area contributed by atoms with Crippen molar-refractivity contribution < 1.29 is 12.6 Å². The summed E-state index contributed by atoms with van der Waals surface area (Å²) in [7, 11) is -3.61. The summed E-state index contributed by atoms with van der Waals surface area (Å²) in [6, 6.07) is 6.71. The third-order valence-electron chi connectivity index (χ3n) is 2.69. The Morgan fingerprint density at radius 1 is 1.11 bits per heavy atom. The zero-order valence-electron chi connectivity index (χ0n) is 11.5. The van der Waals surface area contributed by atoms with Gasteiger partial charge in [0.25, 0.3) is 10.1 Å². The molecule has 0 aromatic heterocycles. The van der Waals surface area contributed by atoms with Gasteiger partial charge >= 0.3 is 0 Å². The van der Waals surface area contributed by atoms with Gasteiger partial charge in [0, 0.05) is 0 Å². The van der Waals surface area contributed by atoms with Gasteiger partial charge in [-0.2, -0.15) is 8.42 Å². The van der Waals surface area contributed by atoms with Crippen LogP contribution in [-0.4, -0.2) is 15.0 Å². The summed E-state index contributed by atoms with van der Waals surface area (Å²) in [4.78, 5) is 0.227. The number of aryl methyl sites for hydroxylation is 1. The zero-order valence-corrected chi connectivity index (χ0v) is 12.3. The molecule has 0 N–H and O–H groups in total. The van der Waals surface area contributed by atoms with Crippen LogP contribution in [0.1, 0.15) is 32.8 Å². The first kappa shape index (κ1) is 15.2. The second kappa shape index (κ2) is 6.34. The van der Waals surface area contributed by atoms with Crippen LogP contribution >= 0.6 is 0 Å². The van der Waals surface area contributed by atoms with Gasteiger partial charge in [-0.15, -0.1) is 0 Å². The van der Waals surface area contributed by atoms with Crippen molar-refractivity contribution in [3.63, 3.8) is 0 Å². The van der Waals surface area contributed by atoms with Gasteiger partial charge < -0.3 is 0 Å². The van der Waals surface area contributed by atoms with E-state index in [2.05, 4.69) is 13.8 Å². The predicted octanol–water partition coefficient (Wildman–Crippen LogP) is 3.38. The molecule has 102 valence electrons. The van der Waals surface area contributed by atoms with Gasteiger partial charge in [0.15, 0.2) is 0 Å². The van der Waals surface area contributed by atoms with Crippen LogP contribution in [0.4, 0.5) is 0 Å². The second-order valence-corrected chi connectivity index (χ2v) is 6.90. The lowest BCUT2D eigenvalue weighted by Crippen LogP contribution is -2.14. The molecule has 0 spiro atoms. The predicted molar refractivity (Wildman–Crippen MR) is 72.9 cm³/mol. The lowest BCUT2D eigenvalue weighted by Gasteiger charge is -2.14. The molecule has 0 fully saturated rings. The smallest absolute Gasteiger partial charge is 0.266 e. The lowest BCUT2D eigenvalue weighted by molar-refractivity contribution is 0.244. The number of rotatable bonds is 6. The highest BCUT2D eigenvalue weighted by Crippen LogP contribution is 2.17. The first-order valence-electron chi connectivity index (χ1n) is 6.27. The summed E-state index contributed by atoms with van der Waals surface area (Å²) in [5, 5.41) is 0. The Bertz CT molecular complexity index is 460. The van der Waals surface area contributed by atoms with E-state index < -0.39 is 10.1 Å². The molecule has 0 radical (unpaired) electrons. The van der Waals surface area contributed by atoms with Gasteiger partial charge in [-0.25, -0.2) is 0 Å². The quantitative estimate of drug-likeness (QED) is 0.744. The Kier molecular flexibility index (Phi) is 5.35. The fourth-order valence-corrected chi connectivity index (χ4v) is 2.87. The largest absolute Gasteiger partial charge is 0.296 e. The number of hydrogen-bond donors (Lipinski definition) is 0. The highest BCUT2D eigenvalue weighted by Gasteiger charge is 2.16. The molecule has 1 atom stereocenters. The van der Waals surface area contributed by atoms with E-state index in [1.165, 1.54) is 0 Å². The van der Waals surface area contributed by atoms with Crippen LogP contribution in [0.15, 0.2) is 29.2 Å². The minimum atomic E-state index is -3.61. The van der Waals surface area contributed by atoms with Gasteiger partial charge in [-0.05, 0) is 37.3 Å². The van der Waals surface area contributed by atoms with Crippen LogP contribution < -0.4 is 0 Å². The van der Waals surface area contributed by atoms with Gasteiger partial charge in [-0.1, -0.05) is 38.5 Å². The van der Waals surface area contributed by atoms with Crippen molar-refractivity contribution in [1.82, 2.24) is 0 Å². The van der Waals surface area contributed by atoms with E-state index in [-0.39, 0.29) is 17.4 Å². The Morgan fingerprint density at radius 2 is 1.67 bits per heavy atom. The fraction of sp³-hybridized carbons (Fsp3) is 0.571. The lowest BCUT2D eigenvalue weighted by atomic mass is 10.0. The van der Waals surface area contributed by atoms with Crippen molar-refractivity contribution in [2.75, 3.05) is 6.61 Å². The minimum absolute atomic E-state index is 0.227. The van der Waals surface area contributed by atoms with Gasteiger partial charge in [-0.3, -0.25) is 4.18 Å². The fourth-order valence-electron chi connectivity index (χ4n) is 1.85. The number of hydrogen-bond acceptors (Lipinski definition) is 3. The maximum atomic E-state index is 11.9. The monoisotopic (exact) mass is 270 g/mol. The molecule has 18 heavy (non-hydrogen) atoms. The van der Waals surface area contributed by atoms with E-state index in [1.807, 2.05) is 13.8 Å². The molecule has 0 aliphatic rings. The molecule has 1 aromatic carbocycles. The van der Waals surface area contributed by atoms with Crippen molar-refractivity contribution in [3.8, 4) is 0 Å². The molecule has 3 nitrogen and oxygen atoms in total. The topological polar surface area (TPSA) is 43.4 Å². The Balaban J connectivity index is 2.63. The third-order valence-corrected chi connectivity index (χ3v) is 3.99. The molecule has 0 bridgehead atoms. The van der Waals surface area contributed by atoms with Crippen LogP contribution in [0, 0.1) is 18.8 Å². The highest BCUT2D eigenvalue weighted by atomic mass is 32.2. The molecule has 0 aliphatic heterocycles. The average Bonchev–Trinajstić information content (AvgIpc) is 2.26. The van der Waals surface area contributed by atoms with Crippen LogP contribution in [0.3, 0.4) is 0 Å². The molecule has 1 rings (SSSR count). The molecule has 4 heteroatoms. The van der Waals surface area contributed by atoms with E-state index in [0.29, 0.717) is 5.92 Å². The maximum Gasteiger partial charge on any atom is 0.296 e. The standard InChI is InChI=1S/C14H22O3S/c1-11(2)9-13(4)10-17-18(15,16)14-7-5-12(3)6-8-14/h5-8,11,13H,9-10H2,1-4H3/t13-/m1/s1. The van der Waals surface area contributed by atoms with Crippen LogP contribution in [0.2, 0.25) is 0 Å². The Morgan fingerprint density at radius 3 is 2.17 bits per heavy atom. The van der Waals surface area contributed by atoms with Gasteiger partial charge in [0.05, 0.1) is 11.5 Å². The van der Waals surface area contributed by atoms with Crippen molar-refractivity contribution in [2.24, 2.45) is 11.8 Å².